The Morgan fingerprint density at radius 3 is 2.84 bits per heavy atom. The van der Waals surface area contributed by atoms with Gasteiger partial charge in [-0.05, 0) is 32.3 Å². The minimum Gasteiger partial charge on any atom is -0.325 e. The molecule has 1 unspecified atom stereocenters. The van der Waals surface area contributed by atoms with Gasteiger partial charge in [-0.15, -0.1) is 0 Å². The van der Waals surface area contributed by atoms with Crippen LogP contribution < -0.4 is 5.73 Å². The van der Waals surface area contributed by atoms with Gasteiger partial charge in [0.2, 0.25) is 0 Å². The van der Waals surface area contributed by atoms with Crippen LogP contribution in [0.1, 0.15) is 64.1 Å². The molecule has 2 rings (SSSR count). The van der Waals surface area contributed by atoms with Crippen molar-refractivity contribution < 1.29 is 4.79 Å². The molecule has 1 heterocycles. The van der Waals surface area contributed by atoms with E-state index in [9.17, 15) is 4.79 Å². The fourth-order valence-corrected chi connectivity index (χ4v) is 2.82. The SMILES string of the molecule is CCC(C)n1ccc(CC(=O)CC2(N)CCCC2)n1. The van der Waals surface area contributed by atoms with Crippen LogP contribution in [0.25, 0.3) is 0 Å². The lowest BCUT2D eigenvalue weighted by atomic mass is 9.91. The molecular weight excluding hydrogens is 238 g/mol. The molecule has 0 radical (unpaired) electrons. The second-order valence-corrected chi connectivity index (χ2v) is 6.01. The number of aromatic nitrogens is 2. The van der Waals surface area contributed by atoms with Gasteiger partial charge < -0.3 is 5.73 Å². The van der Waals surface area contributed by atoms with E-state index in [1.807, 2.05) is 16.9 Å². The van der Waals surface area contributed by atoms with Crippen LogP contribution in [-0.4, -0.2) is 21.1 Å². The number of Topliss-reactive ketones (excluding diaryl/α,β-unsaturated/α-hetero) is 1. The van der Waals surface area contributed by atoms with Crippen molar-refractivity contribution in [1.29, 1.82) is 0 Å². The molecule has 1 aromatic heterocycles. The average molecular weight is 263 g/mol. The van der Waals surface area contributed by atoms with E-state index in [2.05, 4.69) is 18.9 Å². The molecule has 1 aromatic rings. The highest BCUT2D eigenvalue weighted by molar-refractivity contribution is 5.81. The Hall–Kier alpha value is -1.16. The predicted octanol–water partition coefficient (Wildman–Crippen LogP) is 2.63. The molecular formula is C15H25N3O. The van der Waals surface area contributed by atoms with Crippen molar-refractivity contribution in [3.8, 4) is 0 Å². The van der Waals surface area contributed by atoms with Gasteiger partial charge in [0, 0.05) is 24.2 Å². The summed E-state index contributed by atoms with van der Waals surface area (Å²) in [6.07, 6.45) is 8.22. The first-order chi connectivity index (χ1) is 9.02. The molecule has 4 heteroatoms. The van der Waals surface area contributed by atoms with Crippen molar-refractivity contribution in [1.82, 2.24) is 9.78 Å². The van der Waals surface area contributed by atoms with Gasteiger partial charge in [-0.25, -0.2) is 0 Å². The third-order valence-corrected chi connectivity index (χ3v) is 4.23. The molecule has 0 spiro atoms. The van der Waals surface area contributed by atoms with Crippen LogP contribution in [0.15, 0.2) is 12.3 Å². The summed E-state index contributed by atoms with van der Waals surface area (Å²) in [6.45, 7) is 4.27. The number of hydrogen-bond donors (Lipinski definition) is 1. The van der Waals surface area contributed by atoms with E-state index in [4.69, 9.17) is 5.73 Å². The van der Waals surface area contributed by atoms with E-state index >= 15 is 0 Å². The Morgan fingerprint density at radius 1 is 1.53 bits per heavy atom. The van der Waals surface area contributed by atoms with Crippen molar-refractivity contribution >= 4 is 5.78 Å². The van der Waals surface area contributed by atoms with Crippen molar-refractivity contribution in [2.45, 2.75) is 70.4 Å². The maximum Gasteiger partial charge on any atom is 0.140 e. The van der Waals surface area contributed by atoms with Gasteiger partial charge >= 0.3 is 0 Å². The Balaban J connectivity index is 1.90. The van der Waals surface area contributed by atoms with Gasteiger partial charge in [0.15, 0.2) is 0 Å². The second kappa shape index (κ2) is 5.87. The van der Waals surface area contributed by atoms with E-state index in [1.54, 1.807) is 0 Å². The Labute approximate surface area is 115 Å². The van der Waals surface area contributed by atoms with Gasteiger partial charge in [-0.1, -0.05) is 19.8 Å². The number of carbonyl (C=O) groups is 1. The minimum atomic E-state index is -0.240. The maximum atomic E-state index is 12.1. The normalized spacial score (nSPS) is 19.5. The molecule has 106 valence electrons. The van der Waals surface area contributed by atoms with E-state index in [0.717, 1.165) is 37.8 Å². The number of nitrogens with zero attached hydrogens (tertiary/aromatic N) is 2. The zero-order valence-electron chi connectivity index (χ0n) is 12.1. The fourth-order valence-electron chi connectivity index (χ4n) is 2.82. The molecule has 2 N–H and O–H groups in total. The van der Waals surface area contributed by atoms with Gasteiger partial charge in [0.05, 0.1) is 12.1 Å². The highest BCUT2D eigenvalue weighted by Gasteiger charge is 2.31. The van der Waals surface area contributed by atoms with E-state index in [-0.39, 0.29) is 11.3 Å². The summed E-state index contributed by atoms with van der Waals surface area (Å²) in [5.74, 6) is 0.221. The average Bonchev–Trinajstić information content (AvgIpc) is 2.97. The first-order valence-corrected chi connectivity index (χ1v) is 7.37. The zero-order valence-corrected chi connectivity index (χ0v) is 12.1. The van der Waals surface area contributed by atoms with Crippen molar-refractivity contribution in [3.05, 3.63) is 18.0 Å². The summed E-state index contributed by atoms with van der Waals surface area (Å²) >= 11 is 0. The molecule has 0 aliphatic heterocycles. The Morgan fingerprint density at radius 2 is 2.21 bits per heavy atom. The molecule has 1 aliphatic carbocycles. The highest BCUT2D eigenvalue weighted by Crippen LogP contribution is 2.30. The summed E-state index contributed by atoms with van der Waals surface area (Å²) in [6, 6.07) is 2.33. The third kappa shape index (κ3) is 3.66. The number of nitrogens with two attached hydrogens (primary N) is 1. The fraction of sp³-hybridized carbons (Fsp3) is 0.733. The topological polar surface area (TPSA) is 60.9 Å². The quantitative estimate of drug-likeness (QED) is 0.858. The van der Waals surface area contributed by atoms with Gasteiger partial charge in [0.25, 0.3) is 0 Å². The van der Waals surface area contributed by atoms with Crippen molar-refractivity contribution in [2.75, 3.05) is 0 Å². The lowest BCUT2D eigenvalue weighted by molar-refractivity contribution is -0.119. The first-order valence-electron chi connectivity index (χ1n) is 7.37. The van der Waals surface area contributed by atoms with Crippen LogP contribution in [0.4, 0.5) is 0 Å². The zero-order chi connectivity index (χ0) is 13.9. The van der Waals surface area contributed by atoms with Crippen molar-refractivity contribution in [3.63, 3.8) is 0 Å². The van der Waals surface area contributed by atoms with Crippen LogP contribution >= 0.6 is 0 Å². The minimum absolute atomic E-state index is 0.221. The maximum absolute atomic E-state index is 12.1. The van der Waals surface area contributed by atoms with Crippen LogP contribution in [-0.2, 0) is 11.2 Å². The molecule has 0 amide bonds. The monoisotopic (exact) mass is 263 g/mol. The molecule has 19 heavy (non-hydrogen) atoms. The van der Waals surface area contributed by atoms with Crippen LogP contribution in [0.5, 0.6) is 0 Å². The van der Waals surface area contributed by atoms with Crippen LogP contribution in [0.2, 0.25) is 0 Å². The van der Waals surface area contributed by atoms with Gasteiger partial charge in [-0.2, -0.15) is 5.10 Å². The molecule has 1 saturated carbocycles. The third-order valence-electron chi connectivity index (χ3n) is 4.23. The standard InChI is InChI=1S/C15H25N3O/c1-3-12(2)18-9-6-13(17-18)10-14(19)11-15(16)7-4-5-8-15/h6,9,12H,3-5,7-8,10-11,16H2,1-2H3. The van der Waals surface area contributed by atoms with Crippen LogP contribution in [0.3, 0.4) is 0 Å². The summed E-state index contributed by atoms with van der Waals surface area (Å²) < 4.78 is 1.94. The van der Waals surface area contributed by atoms with E-state index in [0.29, 0.717) is 18.9 Å². The van der Waals surface area contributed by atoms with Gasteiger partial charge in [0.1, 0.15) is 5.78 Å². The molecule has 0 saturated heterocycles. The lowest BCUT2D eigenvalue weighted by Gasteiger charge is -2.22. The number of hydrogen-bond acceptors (Lipinski definition) is 3. The smallest absolute Gasteiger partial charge is 0.140 e. The van der Waals surface area contributed by atoms with E-state index < -0.39 is 0 Å². The lowest BCUT2D eigenvalue weighted by Crippen LogP contribution is -2.39. The summed E-state index contributed by atoms with van der Waals surface area (Å²) in [4.78, 5) is 12.1. The molecule has 0 aromatic carbocycles. The van der Waals surface area contributed by atoms with Gasteiger partial charge in [-0.3, -0.25) is 9.48 Å². The molecule has 1 atom stereocenters. The summed E-state index contributed by atoms with van der Waals surface area (Å²) in [5.41, 5.74) is 6.87. The molecule has 0 bridgehead atoms. The number of ketones is 1. The Kier molecular flexibility index (Phi) is 4.40. The number of rotatable bonds is 6. The Bertz CT molecular complexity index is 432. The van der Waals surface area contributed by atoms with Crippen LogP contribution in [0, 0.1) is 0 Å². The van der Waals surface area contributed by atoms with E-state index in [1.165, 1.54) is 0 Å². The molecule has 1 aliphatic rings. The first kappa shape index (κ1) is 14.3. The van der Waals surface area contributed by atoms with Crippen molar-refractivity contribution in [2.24, 2.45) is 5.73 Å². The summed E-state index contributed by atoms with van der Waals surface area (Å²) in [7, 11) is 0. The largest absolute Gasteiger partial charge is 0.325 e. The molecule has 4 nitrogen and oxygen atoms in total. The highest BCUT2D eigenvalue weighted by atomic mass is 16.1. The second-order valence-electron chi connectivity index (χ2n) is 6.01. The number of carbonyl (C=O) groups excluding carboxylic acids is 1. The molecule has 1 fully saturated rings. The predicted molar refractivity (Wildman–Crippen MR) is 75.9 cm³/mol. The summed E-state index contributed by atoms with van der Waals surface area (Å²) in [5, 5.41) is 4.47.